The quantitative estimate of drug-likeness (QED) is 0.853. The summed E-state index contributed by atoms with van der Waals surface area (Å²) in [6.07, 6.45) is 5.40. The number of H-pyrrole nitrogens is 1. The van der Waals surface area contributed by atoms with E-state index < -0.39 is 0 Å². The number of aromatic nitrogens is 4. The van der Waals surface area contributed by atoms with Crippen LogP contribution >= 0.6 is 0 Å². The number of nitrogens with one attached hydrogen (secondary N) is 1. The smallest absolute Gasteiger partial charge is 0.248 e. The molecule has 6 nitrogen and oxygen atoms in total. The van der Waals surface area contributed by atoms with Crippen molar-refractivity contribution in [3.8, 4) is 11.4 Å². The zero-order valence-corrected chi connectivity index (χ0v) is 14.5. The van der Waals surface area contributed by atoms with E-state index in [9.17, 15) is 9.90 Å². The van der Waals surface area contributed by atoms with Crippen LogP contribution in [0.5, 0.6) is 0 Å². The second-order valence-electron chi connectivity index (χ2n) is 6.88. The van der Waals surface area contributed by atoms with E-state index in [1.54, 1.807) is 6.07 Å². The van der Waals surface area contributed by atoms with Crippen molar-refractivity contribution in [1.82, 2.24) is 19.7 Å². The molecule has 0 spiro atoms. The molecule has 1 aliphatic rings. The minimum atomic E-state index is -0.0973. The first-order chi connectivity index (χ1) is 11.6. The maximum Gasteiger partial charge on any atom is 0.248 e. The molecular formula is C18H26N4O2. The molecule has 1 fully saturated rings. The van der Waals surface area contributed by atoms with E-state index in [0.29, 0.717) is 18.9 Å². The lowest BCUT2D eigenvalue weighted by molar-refractivity contribution is 0.277. The molecule has 1 saturated carbocycles. The van der Waals surface area contributed by atoms with Gasteiger partial charge in [-0.3, -0.25) is 4.79 Å². The molecule has 1 aliphatic carbocycles. The lowest BCUT2D eigenvalue weighted by Crippen LogP contribution is -2.12. The highest BCUT2D eigenvalue weighted by Gasteiger charge is 2.24. The van der Waals surface area contributed by atoms with Crippen molar-refractivity contribution in [2.45, 2.75) is 64.3 Å². The number of nitrogens with zero attached hydrogens (tertiary/aromatic N) is 3. The Bertz CT molecular complexity index is 742. The van der Waals surface area contributed by atoms with Crippen molar-refractivity contribution in [2.24, 2.45) is 0 Å². The molecule has 2 heterocycles. The van der Waals surface area contributed by atoms with Gasteiger partial charge in [-0.2, -0.15) is 5.10 Å². The summed E-state index contributed by atoms with van der Waals surface area (Å²) in [5.41, 5.74) is 1.72. The lowest BCUT2D eigenvalue weighted by atomic mass is 10.0. The van der Waals surface area contributed by atoms with Crippen LogP contribution in [0.1, 0.15) is 69.3 Å². The van der Waals surface area contributed by atoms with Crippen molar-refractivity contribution in [2.75, 3.05) is 6.61 Å². The van der Waals surface area contributed by atoms with Crippen LogP contribution in [0, 0.1) is 0 Å². The molecule has 0 aliphatic heterocycles. The lowest BCUT2D eigenvalue weighted by Gasteiger charge is -2.12. The summed E-state index contributed by atoms with van der Waals surface area (Å²) in [7, 11) is 0. The molecule has 130 valence electrons. The Kier molecular flexibility index (Phi) is 5.14. The van der Waals surface area contributed by atoms with E-state index in [-0.39, 0.29) is 18.1 Å². The highest BCUT2D eigenvalue weighted by molar-refractivity contribution is 5.59. The predicted octanol–water partition coefficient (Wildman–Crippen LogP) is 2.80. The van der Waals surface area contributed by atoms with Crippen LogP contribution in [-0.2, 0) is 6.54 Å². The molecule has 2 aromatic heterocycles. The Morgan fingerprint density at radius 3 is 2.75 bits per heavy atom. The van der Waals surface area contributed by atoms with Gasteiger partial charge < -0.3 is 10.1 Å². The molecule has 2 N–H and O–H groups in total. The van der Waals surface area contributed by atoms with Gasteiger partial charge in [0.2, 0.25) is 5.56 Å². The second kappa shape index (κ2) is 7.30. The van der Waals surface area contributed by atoms with Crippen molar-refractivity contribution >= 4 is 0 Å². The zero-order chi connectivity index (χ0) is 17.1. The Hall–Kier alpha value is -1.95. The van der Waals surface area contributed by atoms with Gasteiger partial charge in [-0.25, -0.2) is 9.67 Å². The van der Waals surface area contributed by atoms with E-state index in [4.69, 9.17) is 10.1 Å². The molecule has 24 heavy (non-hydrogen) atoms. The summed E-state index contributed by atoms with van der Waals surface area (Å²) >= 11 is 0. The van der Waals surface area contributed by atoms with Crippen LogP contribution in [0.2, 0.25) is 0 Å². The largest absolute Gasteiger partial charge is 0.396 e. The van der Waals surface area contributed by atoms with Gasteiger partial charge in [0.1, 0.15) is 0 Å². The molecule has 0 radical (unpaired) electrons. The topological polar surface area (TPSA) is 83.8 Å². The van der Waals surface area contributed by atoms with E-state index in [0.717, 1.165) is 35.7 Å². The number of aliphatic hydroxyl groups excluding tert-OH is 1. The van der Waals surface area contributed by atoms with Crippen LogP contribution in [0.25, 0.3) is 11.4 Å². The third-order valence-electron chi connectivity index (χ3n) is 4.70. The Balaban J connectivity index is 2.06. The second-order valence-corrected chi connectivity index (χ2v) is 6.88. The van der Waals surface area contributed by atoms with E-state index in [1.165, 1.54) is 12.8 Å². The summed E-state index contributed by atoms with van der Waals surface area (Å²) < 4.78 is 1.89. The first-order valence-electron chi connectivity index (χ1n) is 8.89. The van der Waals surface area contributed by atoms with Gasteiger partial charge in [0.25, 0.3) is 0 Å². The van der Waals surface area contributed by atoms with Crippen LogP contribution in [0.3, 0.4) is 0 Å². The fraction of sp³-hybridized carbons (Fsp3) is 0.611. The Morgan fingerprint density at radius 1 is 1.33 bits per heavy atom. The fourth-order valence-electron chi connectivity index (χ4n) is 3.43. The number of aliphatic hydroxyl groups is 1. The molecular weight excluding hydrogens is 304 g/mol. The SMILES string of the molecule is CC(C)c1[nH]c(=O)ccc1-c1nc(C2CCCC2)nn1CCCO. The summed E-state index contributed by atoms with van der Waals surface area (Å²) in [4.78, 5) is 19.5. The molecule has 3 rings (SSSR count). The third kappa shape index (κ3) is 3.43. The highest BCUT2D eigenvalue weighted by atomic mass is 16.3. The third-order valence-corrected chi connectivity index (χ3v) is 4.70. The van der Waals surface area contributed by atoms with Crippen LogP contribution in [0.4, 0.5) is 0 Å². The van der Waals surface area contributed by atoms with E-state index >= 15 is 0 Å². The number of aryl methyl sites for hydroxylation is 1. The number of aromatic amines is 1. The number of rotatable bonds is 6. The Labute approximate surface area is 141 Å². The van der Waals surface area contributed by atoms with Crippen molar-refractivity contribution in [3.05, 3.63) is 34.0 Å². The van der Waals surface area contributed by atoms with Gasteiger partial charge >= 0.3 is 0 Å². The monoisotopic (exact) mass is 330 g/mol. The zero-order valence-electron chi connectivity index (χ0n) is 14.5. The maximum atomic E-state index is 11.7. The van der Waals surface area contributed by atoms with Crippen LogP contribution in [-0.4, -0.2) is 31.5 Å². The van der Waals surface area contributed by atoms with Crippen molar-refractivity contribution in [1.29, 1.82) is 0 Å². The first-order valence-corrected chi connectivity index (χ1v) is 8.89. The van der Waals surface area contributed by atoms with Crippen LogP contribution < -0.4 is 5.56 Å². The molecule has 6 heteroatoms. The number of pyridine rings is 1. The fourth-order valence-corrected chi connectivity index (χ4v) is 3.43. The molecule has 0 amide bonds. The maximum absolute atomic E-state index is 11.7. The van der Waals surface area contributed by atoms with Crippen molar-refractivity contribution in [3.63, 3.8) is 0 Å². The summed E-state index contributed by atoms with van der Waals surface area (Å²) in [6.45, 7) is 4.87. The highest BCUT2D eigenvalue weighted by Crippen LogP contribution is 2.34. The molecule has 0 atom stereocenters. The minimum Gasteiger partial charge on any atom is -0.396 e. The molecule has 0 unspecified atom stereocenters. The normalized spacial score (nSPS) is 15.5. The average Bonchev–Trinajstić information content (AvgIpc) is 3.22. The predicted molar refractivity (Wildman–Crippen MR) is 93.1 cm³/mol. The molecule has 2 aromatic rings. The standard InChI is InChI=1S/C18H26N4O2/c1-12(2)16-14(8-9-15(24)19-16)18-20-17(13-6-3-4-7-13)21-22(18)10-5-11-23/h8-9,12-13,23H,3-7,10-11H2,1-2H3,(H,19,24). The van der Waals surface area contributed by atoms with Gasteiger partial charge in [-0.15, -0.1) is 0 Å². The molecule has 0 bridgehead atoms. The summed E-state index contributed by atoms with van der Waals surface area (Å²) in [5, 5.41) is 13.9. The first kappa shape index (κ1) is 16.9. The van der Waals surface area contributed by atoms with Crippen LogP contribution in [0.15, 0.2) is 16.9 Å². The summed E-state index contributed by atoms with van der Waals surface area (Å²) in [6, 6.07) is 3.38. The van der Waals surface area contributed by atoms with Gasteiger partial charge in [0, 0.05) is 36.4 Å². The van der Waals surface area contributed by atoms with E-state index in [2.05, 4.69) is 18.8 Å². The average molecular weight is 330 g/mol. The number of hydrogen-bond donors (Lipinski definition) is 2. The van der Waals surface area contributed by atoms with Crippen molar-refractivity contribution < 1.29 is 5.11 Å². The number of hydrogen-bond acceptors (Lipinski definition) is 4. The summed E-state index contributed by atoms with van der Waals surface area (Å²) in [5.74, 6) is 2.32. The van der Waals surface area contributed by atoms with Gasteiger partial charge in [-0.1, -0.05) is 26.7 Å². The molecule has 0 aromatic carbocycles. The van der Waals surface area contributed by atoms with E-state index in [1.807, 2.05) is 10.7 Å². The van der Waals surface area contributed by atoms with Gasteiger partial charge in [0.05, 0.1) is 0 Å². The minimum absolute atomic E-state index is 0.0973. The Morgan fingerprint density at radius 2 is 2.08 bits per heavy atom. The van der Waals surface area contributed by atoms with Gasteiger partial charge in [0.15, 0.2) is 11.6 Å². The molecule has 0 saturated heterocycles. The van der Waals surface area contributed by atoms with Gasteiger partial charge in [-0.05, 0) is 31.2 Å².